The SMILES string of the molecule is C=CCOCc1nc(OCc2ccccc2)c(CC(C)C)[n+]([O-])c1Cl. The van der Waals surface area contributed by atoms with Crippen molar-refractivity contribution < 1.29 is 14.2 Å². The Morgan fingerprint density at radius 3 is 2.64 bits per heavy atom. The van der Waals surface area contributed by atoms with Crippen molar-refractivity contribution in [3.8, 4) is 5.88 Å². The molecule has 1 aromatic heterocycles. The summed E-state index contributed by atoms with van der Waals surface area (Å²) < 4.78 is 11.9. The van der Waals surface area contributed by atoms with Gasteiger partial charge in [0, 0.05) is 6.42 Å². The number of ether oxygens (including phenoxy) is 2. The molecule has 134 valence electrons. The van der Waals surface area contributed by atoms with Crippen LogP contribution in [0.1, 0.15) is 30.8 Å². The van der Waals surface area contributed by atoms with Crippen LogP contribution in [0.5, 0.6) is 5.88 Å². The summed E-state index contributed by atoms with van der Waals surface area (Å²) in [6, 6.07) is 9.72. The lowest BCUT2D eigenvalue weighted by Gasteiger charge is -2.15. The molecule has 0 bridgehead atoms. The summed E-state index contributed by atoms with van der Waals surface area (Å²) >= 11 is 6.18. The highest BCUT2D eigenvalue weighted by atomic mass is 35.5. The molecule has 0 saturated heterocycles. The standard InChI is InChI=1S/C19H23ClN2O3/c1-4-10-24-13-16-18(20)22(23)17(11-14(2)3)19(21-16)25-12-15-8-6-5-7-9-15/h4-9,14H,1,10-13H2,2-3H3. The molecule has 0 fully saturated rings. The Labute approximate surface area is 153 Å². The second kappa shape index (κ2) is 9.39. The minimum Gasteiger partial charge on any atom is -0.617 e. The molecule has 2 aromatic rings. The number of nitrogens with zero attached hydrogens (tertiary/aromatic N) is 2. The van der Waals surface area contributed by atoms with E-state index in [9.17, 15) is 5.21 Å². The first-order valence-electron chi connectivity index (χ1n) is 8.19. The molecular weight excluding hydrogens is 340 g/mol. The molecule has 0 N–H and O–H groups in total. The van der Waals surface area contributed by atoms with Gasteiger partial charge in [0.1, 0.15) is 6.61 Å². The molecule has 1 heterocycles. The molecule has 5 nitrogen and oxygen atoms in total. The fraction of sp³-hybridized carbons (Fsp3) is 0.368. The highest BCUT2D eigenvalue weighted by Crippen LogP contribution is 2.22. The van der Waals surface area contributed by atoms with E-state index in [4.69, 9.17) is 21.1 Å². The monoisotopic (exact) mass is 362 g/mol. The first-order chi connectivity index (χ1) is 12.0. The van der Waals surface area contributed by atoms with Crippen LogP contribution in [0.4, 0.5) is 0 Å². The van der Waals surface area contributed by atoms with Crippen LogP contribution in [0, 0.1) is 11.1 Å². The lowest BCUT2D eigenvalue weighted by atomic mass is 10.1. The van der Waals surface area contributed by atoms with Crippen LogP contribution in [0.15, 0.2) is 43.0 Å². The first-order valence-corrected chi connectivity index (χ1v) is 8.56. The summed E-state index contributed by atoms with van der Waals surface area (Å²) in [6.07, 6.45) is 2.15. The second-order valence-corrected chi connectivity index (χ2v) is 6.43. The summed E-state index contributed by atoms with van der Waals surface area (Å²) in [7, 11) is 0. The zero-order valence-electron chi connectivity index (χ0n) is 14.6. The van der Waals surface area contributed by atoms with Gasteiger partial charge in [0.2, 0.25) is 0 Å². The summed E-state index contributed by atoms with van der Waals surface area (Å²) in [5.41, 5.74) is 1.79. The van der Waals surface area contributed by atoms with E-state index in [1.54, 1.807) is 6.08 Å². The minimum atomic E-state index is 0.0202. The van der Waals surface area contributed by atoms with E-state index in [0.717, 1.165) is 5.56 Å². The molecule has 0 amide bonds. The molecule has 0 aliphatic carbocycles. The van der Waals surface area contributed by atoms with Gasteiger partial charge in [-0.25, -0.2) is 4.98 Å². The van der Waals surface area contributed by atoms with Gasteiger partial charge in [0.15, 0.2) is 5.69 Å². The van der Waals surface area contributed by atoms with Crippen LogP contribution >= 0.6 is 11.6 Å². The number of hydrogen-bond acceptors (Lipinski definition) is 4. The average Bonchev–Trinajstić information content (AvgIpc) is 2.60. The van der Waals surface area contributed by atoms with Crippen LogP contribution in [0.2, 0.25) is 5.15 Å². The normalized spacial score (nSPS) is 10.9. The maximum Gasteiger partial charge on any atom is 0.311 e. The summed E-state index contributed by atoms with van der Waals surface area (Å²) in [6.45, 7) is 8.44. The van der Waals surface area contributed by atoms with Crippen LogP contribution in [0.3, 0.4) is 0 Å². The van der Waals surface area contributed by atoms with Crippen LogP contribution in [0.25, 0.3) is 0 Å². The molecule has 0 atom stereocenters. The maximum absolute atomic E-state index is 12.6. The fourth-order valence-corrected chi connectivity index (χ4v) is 2.48. The Balaban J connectivity index is 2.29. The van der Waals surface area contributed by atoms with Crippen molar-refractivity contribution in [2.75, 3.05) is 6.61 Å². The Bertz CT molecular complexity index is 706. The van der Waals surface area contributed by atoms with Gasteiger partial charge >= 0.3 is 5.15 Å². The largest absolute Gasteiger partial charge is 0.617 e. The molecule has 0 aliphatic rings. The highest BCUT2D eigenvalue weighted by Gasteiger charge is 2.25. The fourth-order valence-electron chi connectivity index (χ4n) is 2.28. The van der Waals surface area contributed by atoms with E-state index in [2.05, 4.69) is 11.6 Å². The van der Waals surface area contributed by atoms with E-state index in [1.807, 2.05) is 44.2 Å². The van der Waals surface area contributed by atoms with Gasteiger partial charge in [-0.05, 0) is 23.1 Å². The predicted octanol–water partition coefficient (Wildman–Crippen LogP) is 3.85. The maximum atomic E-state index is 12.6. The van der Waals surface area contributed by atoms with Crippen LogP contribution < -0.4 is 9.47 Å². The van der Waals surface area contributed by atoms with Gasteiger partial charge in [-0.15, -0.1) is 6.58 Å². The molecular formula is C19H23ClN2O3. The summed E-state index contributed by atoms with van der Waals surface area (Å²) in [5, 5.41) is 12.6. The number of hydrogen-bond donors (Lipinski definition) is 0. The van der Waals surface area contributed by atoms with E-state index in [0.29, 0.717) is 41.6 Å². The zero-order valence-corrected chi connectivity index (χ0v) is 15.3. The van der Waals surface area contributed by atoms with E-state index >= 15 is 0 Å². The minimum absolute atomic E-state index is 0.0202. The van der Waals surface area contributed by atoms with Gasteiger partial charge in [-0.1, -0.05) is 50.3 Å². The topological polar surface area (TPSA) is 58.3 Å². The van der Waals surface area contributed by atoms with Gasteiger partial charge in [0.05, 0.1) is 13.2 Å². The van der Waals surface area contributed by atoms with Crippen LogP contribution in [-0.2, 0) is 24.4 Å². The van der Waals surface area contributed by atoms with Crippen molar-refractivity contribution in [3.63, 3.8) is 0 Å². The number of halogens is 1. The molecule has 0 aliphatic heterocycles. The smallest absolute Gasteiger partial charge is 0.311 e. The van der Waals surface area contributed by atoms with Gasteiger partial charge in [0.25, 0.3) is 11.6 Å². The molecule has 0 saturated carbocycles. The van der Waals surface area contributed by atoms with Gasteiger partial charge in [-0.3, -0.25) is 0 Å². The summed E-state index contributed by atoms with van der Waals surface area (Å²) in [4.78, 5) is 4.44. The molecule has 2 rings (SSSR count). The Morgan fingerprint density at radius 2 is 2.00 bits per heavy atom. The highest BCUT2D eigenvalue weighted by molar-refractivity contribution is 6.29. The van der Waals surface area contributed by atoms with Crippen molar-refractivity contribution in [1.82, 2.24) is 4.98 Å². The molecule has 0 unspecified atom stereocenters. The van der Waals surface area contributed by atoms with E-state index in [1.165, 1.54) is 0 Å². The molecule has 6 heteroatoms. The lowest BCUT2D eigenvalue weighted by Crippen LogP contribution is -2.37. The zero-order chi connectivity index (χ0) is 18.2. The third kappa shape index (κ3) is 5.44. The molecule has 25 heavy (non-hydrogen) atoms. The Morgan fingerprint density at radius 1 is 1.28 bits per heavy atom. The van der Waals surface area contributed by atoms with Crippen molar-refractivity contribution >= 4 is 11.6 Å². The summed E-state index contributed by atoms with van der Waals surface area (Å²) in [5.74, 6) is 0.564. The van der Waals surface area contributed by atoms with Crippen molar-refractivity contribution in [2.24, 2.45) is 5.92 Å². The lowest BCUT2D eigenvalue weighted by molar-refractivity contribution is -0.613. The molecule has 1 aromatic carbocycles. The second-order valence-electron chi connectivity index (χ2n) is 6.07. The van der Waals surface area contributed by atoms with Crippen molar-refractivity contribution in [3.05, 3.63) is 70.3 Å². The Hall–Kier alpha value is -2.11. The number of aromatic nitrogens is 2. The number of benzene rings is 1. The quantitative estimate of drug-likeness (QED) is 0.294. The van der Waals surface area contributed by atoms with Crippen molar-refractivity contribution in [1.29, 1.82) is 0 Å². The average molecular weight is 363 g/mol. The van der Waals surface area contributed by atoms with E-state index < -0.39 is 0 Å². The Kier molecular flexibility index (Phi) is 7.22. The number of rotatable bonds is 9. The van der Waals surface area contributed by atoms with Gasteiger partial charge < -0.3 is 14.7 Å². The third-order valence-corrected chi connectivity index (χ3v) is 3.81. The van der Waals surface area contributed by atoms with Crippen molar-refractivity contribution in [2.45, 2.75) is 33.5 Å². The predicted molar refractivity (Wildman–Crippen MR) is 97.4 cm³/mol. The van der Waals surface area contributed by atoms with Crippen LogP contribution in [-0.4, -0.2) is 11.6 Å². The third-order valence-electron chi connectivity index (χ3n) is 3.44. The molecule has 0 radical (unpaired) electrons. The van der Waals surface area contributed by atoms with E-state index in [-0.39, 0.29) is 17.7 Å². The van der Waals surface area contributed by atoms with Gasteiger partial charge in [-0.2, -0.15) is 4.73 Å². The molecule has 0 spiro atoms. The first kappa shape index (κ1) is 19.2.